The normalized spacial score (nSPS) is 20.0. The Morgan fingerprint density at radius 3 is 2.68 bits per heavy atom. The molecule has 0 radical (unpaired) electrons. The van der Waals surface area contributed by atoms with E-state index < -0.39 is 0 Å². The van der Waals surface area contributed by atoms with Crippen molar-refractivity contribution in [1.82, 2.24) is 9.99 Å². The molecule has 0 aliphatic carbocycles. The minimum atomic E-state index is -0.387. The highest BCUT2D eigenvalue weighted by Crippen LogP contribution is 2.50. The van der Waals surface area contributed by atoms with E-state index in [0.717, 1.165) is 40.5 Å². The van der Waals surface area contributed by atoms with Gasteiger partial charge in [0.1, 0.15) is 5.69 Å². The average molecular weight is 371 g/mol. The van der Waals surface area contributed by atoms with Crippen LogP contribution in [0.4, 0.5) is 0 Å². The number of hydrogen-bond donors (Lipinski definition) is 0. The van der Waals surface area contributed by atoms with E-state index in [1.165, 1.54) is 0 Å². The Bertz CT molecular complexity index is 1000. The number of hydrogen-bond acceptors (Lipinski definition) is 5. The number of pyridine rings is 1. The summed E-state index contributed by atoms with van der Waals surface area (Å²) in [6, 6.07) is 22.4. The molecule has 140 valence electrons. The number of rotatable bonds is 4. The standard InChI is InChI=1S/C23H21N3O2/c1-2-27-21-13-8-11-17-20-15-19(16-9-4-3-5-10-16)25-26(20)23(28-22(17)21)18-12-6-7-14-24-18/h3-14,20,23H,2,15H2,1H3/t20-,23+/m1/s1. The summed E-state index contributed by atoms with van der Waals surface area (Å²) >= 11 is 0. The smallest absolute Gasteiger partial charge is 0.230 e. The van der Waals surface area contributed by atoms with Crippen LogP contribution in [0.2, 0.25) is 0 Å². The number of fused-ring (bicyclic) bond motifs is 3. The van der Waals surface area contributed by atoms with Gasteiger partial charge in [0.05, 0.1) is 18.4 Å². The number of benzene rings is 2. The molecule has 0 saturated heterocycles. The summed E-state index contributed by atoms with van der Waals surface area (Å²) in [4.78, 5) is 4.53. The molecular weight excluding hydrogens is 350 g/mol. The molecule has 5 rings (SSSR count). The maximum atomic E-state index is 6.43. The van der Waals surface area contributed by atoms with Crippen LogP contribution in [-0.4, -0.2) is 22.3 Å². The van der Waals surface area contributed by atoms with Crippen LogP contribution in [0.1, 0.15) is 42.4 Å². The summed E-state index contributed by atoms with van der Waals surface area (Å²) in [5.74, 6) is 1.57. The van der Waals surface area contributed by atoms with Crippen molar-refractivity contribution in [3.8, 4) is 11.5 Å². The van der Waals surface area contributed by atoms with Crippen LogP contribution in [-0.2, 0) is 0 Å². The van der Waals surface area contributed by atoms with Crippen molar-refractivity contribution in [1.29, 1.82) is 0 Å². The fraction of sp³-hybridized carbons (Fsp3) is 0.217. The topological polar surface area (TPSA) is 47.0 Å². The molecule has 0 spiro atoms. The summed E-state index contributed by atoms with van der Waals surface area (Å²) < 4.78 is 12.3. The Morgan fingerprint density at radius 1 is 1.04 bits per heavy atom. The third-order valence-corrected chi connectivity index (χ3v) is 5.13. The van der Waals surface area contributed by atoms with Crippen LogP contribution < -0.4 is 9.47 Å². The minimum Gasteiger partial charge on any atom is -0.490 e. The second kappa shape index (κ2) is 7.00. The van der Waals surface area contributed by atoms with Gasteiger partial charge in [0, 0.05) is 18.2 Å². The molecule has 5 nitrogen and oxygen atoms in total. The van der Waals surface area contributed by atoms with E-state index in [0.29, 0.717) is 6.61 Å². The molecule has 2 atom stereocenters. The first-order chi connectivity index (χ1) is 13.8. The van der Waals surface area contributed by atoms with Gasteiger partial charge in [-0.3, -0.25) is 4.98 Å². The zero-order valence-corrected chi connectivity index (χ0v) is 15.7. The first kappa shape index (κ1) is 16.8. The molecule has 3 aromatic rings. The molecular formula is C23H21N3O2. The summed E-state index contributed by atoms with van der Waals surface area (Å²) in [5.41, 5.74) is 4.14. The summed E-state index contributed by atoms with van der Waals surface area (Å²) in [6.07, 6.45) is 2.22. The number of hydrazone groups is 1. The summed E-state index contributed by atoms with van der Waals surface area (Å²) in [5, 5.41) is 7.00. The third-order valence-electron chi connectivity index (χ3n) is 5.13. The first-order valence-electron chi connectivity index (χ1n) is 9.59. The van der Waals surface area contributed by atoms with E-state index in [9.17, 15) is 0 Å². The van der Waals surface area contributed by atoms with Crippen LogP contribution in [0.15, 0.2) is 78.0 Å². The average Bonchev–Trinajstić information content (AvgIpc) is 3.21. The molecule has 2 aromatic carbocycles. The quantitative estimate of drug-likeness (QED) is 0.666. The van der Waals surface area contributed by atoms with Crippen molar-refractivity contribution >= 4 is 5.71 Å². The molecule has 0 bridgehead atoms. The lowest BCUT2D eigenvalue weighted by Gasteiger charge is -2.38. The van der Waals surface area contributed by atoms with E-state index in [4.69, 9.17) is 14.6 Å². The van der Waals surface area contributed by atoms with Crippen molar-refractivity contribution in [3.63, 3.8) is 0 Å². The zero-order chi connectivity index (χ0) is 18.9. The Kier molecular flexibility index (Phi) is 4.20. The van der Waals surface area contributed by atoms with Gasteiger partial charge in [-0.2, -0.15) is 5.10 Å². The van der Waals surface area contributed by atoms with Gasteiger partial charge in [-0.1, -0.05) is 48.5 Å². The monoisotopic (exact) mass is 371 g/mol. The predicted octanol–water partition coefficient (Wildman–Crippen LogP) is 4.72. The molecule has 28 heavy (non-hydrogen) atoms. The molecule has 0 N–H and O–H groups in total. The van der Waals surface area contributed by atoms with Gasteiger partial charge in [-0.25, -0.2) is 5.01 Å². The molecule has 1 aromatic heterocycles. The van der Waals surface area contributed by atoms with Gasteiger partial charge in [-0.15, -0.1) is 0 Å². The van der Waals surface area contributed by atoms with Crippen LogP contribution in [0.25, 0.3) is 0 Å². The second-order valence-electron chi connectivity index (χ2n) is 6.84. The fourth-order valence-corrected chi connectivity index (χ4v) is 3.88. The molecule has 0 fully saturated rings. The van der Waals surface area contributed by atoms with Crippen LogP contribution in [0.3, 0.4) is 0 Å². The maximum absolute atomic E-state index is 6.43. The van der Waals surface area contributed by atoms with Gasteiger partial charge >= 0.3 is 0 Å². The highest BCUT2D eigenvalue weighted by atomic mass is 16.5. The summed E-state index contributed by atoms with van der Waals surface area (Å²) in [7, 11) is 0. The minimum absolute atomic E-state index is 0.0892. The van der Waals surface area contributed by atoms with Crippen molar-refractivity contribution in [2.24, 2.45) is 5.10 Å². The lowest BCUT2D eigenvalue weighted by atomic mass is 9.96. The van der Waals surface area contributed by atoms with Gasteiger partial charge in [0.2, 0.25) is 6.23 Å². The highest BCUT2D eigenvalue weighted by Gasteiger charge is 2.42. The van der Waals surface area contributed by atoms with Crippen molar-refractivity contribution < 1.29 is 9.47 Å². The van der Waals surface area contributed by atoms with Gasteiger partial charge in [0.15, 0.2) is 11.5 Å². The van der Waals surface area contributed by atoms with E-state index >= 15 is 0 Å². The largest absolute Gasteiger partial charge is 0.490 e. The first-order valence-corrected chi connectivity index (χ1v) is 9.59. The third kappa shape index (κ3) is 2.80. The van der Waals surface area contributed by atoms with E-state index in [1.54, 1.807) is 6.20 Å². The Balaban J connectivity index is 1.62. The number of aromatic nitrogens is 1. The molecule has 0 amide bonds. The molecule has 2 aliphatic rings. The van der Waals surface area contributed by atoms with E-state index in [-0.39, 0.29) is 12.3 Å². The highest BCUT2D eigenvalue weighted by molar-refractivity contribution is 6.01. The van der Waals surface area contributed by atoms with Gasteiger partial charge in [-0.05, 0) is 30.7 Å². The van der Waals surface area contributed by atoms with Crippen molar-refractivity contribution in [3.05, 3.63) is 89.7 Å². The fourth-order valence-electron chi connectivity index (χ4n) is 3.88. The molecule has 2 aliphatic heterocycles. The second-order valence-corrected chi connectivity index (χ2v) is 6.84. The van der Waals surface area contributed by atoms with Crippen molar-refractivity contribution in [2.45, 2.75) is 25.6 Å². The van der Waals surface area contributed by atoms with Crippen LogP contribution >= 0.6 is 0 Å². The number of para-hydroxylation sites is 1. The Morgan fingerprint density at radius 2 is 1.89 bits per heavy atom. The summed E-state index contributed by atoms with van der Waals surface area (Å²) in [6.45, 7) is 2.57. The maximum Gasteiger partial charge on any atom is 0.230 e. The lowest BCUT2D eigenvalue weighted by molar-refractivity contribution is -0.0240. The predicted molar refractivity (Wildman–Crippen MR) is 107 cm³/mol. The molecule has 3 heterocycles. The van der Waals surface area contributed by atoms with Crippen molar-refractivity contribution in [2.75, 3.05) is 6.61 Å². The van der Waals surface area contributed by atoms with Gasteiger partial charge in [0.25, 0.3) is 0 Å². The number of ether oxygens (including phenoxy) is 2. The van der Waals surface area contributed by atoms with Gasteiger partial charge < -0.3 is 9.47 Å². The molecule has 0 saturated carbocycles. The van der Waals surface area contributed by atoms with Crippen LogP contribution in [0, 0.1) is 0 Å². The number of nitrogens with zero attached hydrogens (tertiary/aromatic N) is 3. The molecule has 0 unspecified atom stereocenters. The Hall–Kier alpha value is -3.34. The lowest BCUT2D eigenvalue weighted by Crippen LogP contribution is -2.34. The zero-order valence-electron chi connectivity index (χ0n) is 15.7. The molecule has 5 heteroatoms. The van der Waals surface area contributed by atoms with E-state index in [2.05, 4.69) is 23.2 Å². The van der Waals surface area contributed by atoms with Crippen LogP contribution in [0.5, 0.6) is 11.5 Å². The van der Waals surface area contributed by atoms with E-state index in [1.807, 2.05) is 60.5 Å². The SMILES string of the molecule is CCOc1cccc2c1O[C@@H](c1ccccn1)N1N=C(c3ccccc3)C[C@H]21. The Labute approximate surface area is 164 Å².